The van der Waals surface area contributed by atoms with Crippen LogP contribution < -0.4 is 5.32 Å². The minimum atomic E-state index is 0.214. The third-order valence-electron chi connectivity index (χ3n) is 3.61. The van der Waals surface area contributed by atoms with E-state index in [2.05, 4.69) is 86.6 Å². The zero-order valence-corrected chi connectivity index (χ0v) is 14.8. The Morgan fingerprint density at radius 1 is 0.810 bits per heavy atom. The Balaban J connectivity index is 2.00. The molecule has 0 fully saturated rings. The van der Waals surface area contributed by atoms with Crippen molar-refractivity contribution in [3.63, 3.8) is 0 Å². The van der Waals surface area contributed by atoms with Crippen LogP contribution in [0.25, 0.3) is 10.8 Å². The van der Waals surface area contributed by atoms with Crippen LogP contribution in [-0.4, -0.2) is 0 Å². The molecular weight excluding hydrogens is 390 g/mol. The number of anilines is 1. The summed E-state index contributed by atoms with van der Waals surface area (Å²) >= 11 is 7.21. The Hall–Kier alpha value is -1.32. The van der Waals surface area contributed by atoms with Crippen LogP contribution in [-0.2, 0) is 0 Å². The summed E-state index contributed by atoms with van der Waals surface area (Å²) in [6, 6.07) is 21.3. The van der Waals surface area contributed by atoms with Crippen molar-refractivity contribution in [3.8, 4) is 0 Å². The minimum absolute atomic E-state index is 0.214. The third-order valence-corrected chi connectivity index (χ3v) is 4.94. The first-order chi connectivity index (χ1) is 10.2. The van der Waals surface area contributed by atoms with E-state index in [-0.39, 0.29) is 6.04 Å². The van der Waals surface area contributed by atoms with Gasteiger partial charge in [-0.2, -0.15) is 0 Å². The molecular formula is C18H15Br2N. The fourth-order valence-corrected chi connectivity index (χ4v) is 3.79. The van der Waals surface area contributed by atoms with Crippen LogP contribution >= 0.6 is 31.9 Å². The van der Waals surface area contributed by atoms with Gasteiger partial charge in [-0.25, -0.2) is 0 Å². The van der Waals surface area contributed by atoms with Gasteiger partial charge in [-0.05, 0) is 67.3 Å². The van der Waals surface area contributed by atoms with Crippen molar-refractivity contribution < 1.29 is 0 Å². The van der Waals surface area contributed by atoms with Crippen molar-refractivity contribution in [3.05, 3.63) is 75.2 Å². The second kappa shape index (κ2) is 6.20. The largest absolute Gasteiger partial charge is 0.377 e. The molecule has 1 unspecified atom stereocenters. The standard InChI is InChI=1S/C18H15Br2N/c1-12(21-18-16(19)10-5-11-17(18)20)14-9-4-7-13-6-2-3-8-15(13)14/h2-12,21H,1H3. The van der Waals surface area contributed by atoms with Gasteiger partial charge in [0, 0.05) is 15.0 Å². The molecule has 0 aliphatic rings. The van der Waals surface area contributed by atoms with Gasteiger partial charge in [0.15, 0.2) is 0 Å². The highest BCUT2D eigenvalue weighted by Gasteiger charge is 2.12. The van der Waals surface area contributed by atoms with Gasteiger partial charge in [0.25, 0.3) is 0 Å². The number of para-hydroxylation sites is 1. The number of halogens is 2. The van der Waals surface area contributed by atoms with Crippen molar-refractivity contribution in [1.29, 1.82) is 0 Å². The van der Waals surface area contributed by atoms with Gasteiger partial charge in [-0.3, -0.25) is 0 Å². The maximum Gasteiger partial charge on any atom is 0.0633 e. The maximum absolute atomic E-state index is 3.61. The average Bonchev–Trinajstić information content (AvgIpc) is 2.50. The first-order valence-corrected chi connectivity index (χ1v) is 8.43. The van der Waals surface area contributed by atoms with Crippen LogP contribution in [0.3, 0.4) is 0 Å². The summed E-state index contributed by atoms with van der Waals surface area (Å²) in [6.07, 6.45) is 0. The highest BCUT2D eigenvalue weighted by atomic mass is 79.9. The summed E-state index contributed by atoms with van der Waals surface area (Å²) in [6.45, 7) is 2.19. The molecule has 0 heterocycles. The van der Waals surface area contributed by atoms with Crippen LogP contribution in [0.2, 0.25) is 0 Å². The van der Waals surface area contributed by atoms with Crippen molar-refractivity contribution in [2.45, 2.75) is 13.0 Å². The Morgan fingerprint density at radius 2 is 1.43 bits per heavy atom. The second-order valence-electron chi connectivity index (χ2n) is 5.03. The third kappa shape index (κ3) is 2.99. The van der Waals surface area contributed by atoms with Crippen LogP contribution in [0.15, 0.2) is 69.6 Å². The molecule has 0 radical (unpaired) electrons. The van der Waals surface area contributed by atoms with E-state index < -0.39 is 0 Å². The van der Waals surface area contributed by atoms with E-state index in [9.17, 15) is 0 Å². The number of fused-ring (bicyclic) bond motifs is 1. The lowest BCUT2D eigenvalue weighted by atomic mass is 9.99. The van der Waals surface area contributed by atoms with Crippen LogP contribution in [0.1, 0.15) is 18.5 Å². The average molecular weight is 405 g/mol. The SMILES string of the molecule is CC(Nc1c(Br)cccc1Br)c1cccc2ccccc12. The molecule has 1 atom stereocenters. The zero-order valence-electron chi connectivity index (χ0n) is 11.6. The van der Waals surface area contributed by atoms with Crippen molar-refractivity contribution in [1.82, 2.24) is 0 Å². The minimum Gasteiger partial charge on any atom is -0.377 e. The van der Waals surface area contributed by atoms with E-state index in [1.54, 1.807) is 0 Å². The van der Waals surface area contributed by atoms with E-state index in [0.717, 1.165) is 14.6 Å². The van der Waals surface area contributed by atoms with E-state index in [4.69, 9.17) is 0 Å². The predicted molar refractivity (Wildman–Crippen MR) is 97.8 cm³/mol. The number of benzene rings is 3. The number of hydrogen-bond donors (Lipinski definition) is 1. The molecule has 0 saturated carbocycles. The molecule has 3 aromatic rings. The molecule has 3 heteroatoms. The van der Waals surface area contributed by atoms with Crippen molar-refractivity contribution in [2.75, 3.05) is 5.32 Å². The Labute approximate surface area is 141 Å². The molecule has 0 aliphatic carbocycles. The van der Waals surface area contributed by atoms with Crippen molar-refractivity contribution >= 4 is 48.3 Å². The van der Waals surface area contributed by atoms with Gasteiger partial charge in [0.1, 0.15) is 0 Å². The molecule has 3 rings (SSSR count). The quantitative estimate of drug-likeness (QED) is 0.522. The summed E-state index contributed by atoms with van der Waals surface area (Å²) in [4.78, 5) is 0. The Morgan fingerprint density at radius 3 is 2.19 bits per heavy atom. The van der Waals surface area contributed by atoms with Crippen LogP contribution in [0.5, 0.6) is 0 Å². The lowest BCUT2D eigenvalue weighted by molar-refractivity contribution is 0.892. The molecule has 106 valence electrons. The fourth-order valence-electron chi connectivity index (χ4n) is 2.56. The Bertz CT molecular complexity index is 758. The van der Waals surface area contributed by atoms with Crippen LogP contribution in [0, 0.1) is 0 Å². The number of rotatable bonds is 3. The lowest BCUT2D eigenvalue weighted by Gasteiger charge is -2.19. The maximum atomic E-state index is 3.61. The predicted octanol–water partition coefficient (Wildman–Crippen LogP) is 6.54. The van der Waals surface area contributed by atoms with Gasteiger partial charge < -0.3 is 5.32 Å². The molecule has 21 heavy (non-hydrogen) atoms. The number of nitrogens with one attached hydrogen (secondary N) is 1. The van der Waals surface area contributed by atoms with E-state index >= 15 is 0 Å². The summed E-state index contributed by atoms with van der Waals surface area (Å²) in [5.74, 6) is 0. The van der Waals surface area contributed by atoms with Gasteiger partial charge in [-0.15, -0.1) is 0 Å². The summed E-state index contributed by atoms with van der Waals surface area (Å²) < 4.78 is 2.12. The first-order valence-electron chi connectivity index (χ1n) is 6.85. The fraction of sp³-hybridized carbons (Fsp3) is 0.111. The molecule has 0 aliphatic heterocycles. The summed E-state index contributed by atoms with van der Waals surface area (Å²) in [7, 11) is 0. The van der Waals surface area contributed by atoms with Crippen molar-refractivity contribution in [2.24, 2.45) is 0 Å². The van der Waals surface area contributed by atoms with Gasteiger partial charge in [-0.1, -0.05) is 48.5 Å². The van der Waals surface area contributed by atoms with Crippen LogP contribution in [0.4, 0.5) is 5.69 Å². The first kappa shape index (κ1) is 14.6. The lowest BCUT2D eigenvalue weighted by Crippen LogP contribution is -2.08. The van der Waals surface area contributed by atoms with Gasteiger partial charge >= 0.3 is 0 Å². The summed E-state index contributed by atoms with van der Waals surface area (Å²) in [5, 5.41) is 6.16. The zero-order chi connectivity index (χ0) is 14.8. The van der Waals surface area contributed by atoms with E-state index in [1.165, 1.54) is 16.3 Å². The monoisotopic (exact) mass is 403 g/mol. The molecule has 1 N–H and O–H groups in total. The smallest absolute Gasteiger partial charge is 0.0633 e. The molecule has 0 saturated heterocycles. The molecule has 0 spiro atoms. The summed E-state index contributed by atoms with van der Waals surface area (Å²) in [5.41, 5.74) is 2.38. The number of hydrogen-bond acceptors (Lipinski definition) is 1. The van der Waals surface area contributed by atoms with Gasteiger partial charge in [0.2, 0.25) is 0 Å². The highest BCUT2D eigenvalue weighted by molar-refractivity contribution is 9.11. The molecule has 0 amide bonds. The topological polar surface area (TPSA) is 12.0 Å². The molecule has 1 nitrogen and oxygen atoms in total. The highest BCUT2D eigenvalue weighted by Crippen LogP contribution is 2.34. The molecule has 3 aromatic carbocycles. The molecule has 0 aromatic heterocycles. The van der Waals surface area contributed by atoms with E-state index in [0.29, 0.717) is 0 Å². The van der Waals surface area contributed by atoms with Gasteiger partial charge in [0.05, 0.1) is 5.69 Å². The second-order valence-corrected chi connectivity index (χ2v) is 6.74. The normalized spacial score (nSPS) is 12.3. The van der Waals surface area contributed by atoms with E-state index in [1.807, 2.05) is 18.2 Å². The Kier molecular flexibility index (Phi) is 4.32. The molecule has 0 bridgehead atoms.